The van der Waals surface area contributed by atoms with Crippen molar-refractivity contribution in [2.75, 3.05) is 18.4 Å². The highest BCUT2D eigenvalue weighted by molar-refractivity contribution is 5.89. The van der Waals surface area contributed by atoms with Gasteiger partial charge in [0.1, 0.15) is 0 Å². The number of benzene rings is 1. The van der Waals surface area contributed by atoms with Crippen molar-refractivity contribution in [2.45, 2.75) is 32.8 Å². The van der Waals surface area contributed by atoms with E-state index < -0.39 is 0 Å². The maximum absolute atomic E-state index is 12.4. The average molecular weight is 340 g/mol. The van der Waals surface area contributed by atoms with Gasteiger partial charge in [-0.05, 0) is 62.9 Å². The lowest BCUT2D eigenvalue weighted by Gasteiger charge is -2.33. The zero-order valence-corrected chi connectivity index (χ0v) is 14.6. The van der Waals surface area contributed by atoms with Crippen LogP contribution in [0.1, 0.15) is 25.5 Å². The van der Waals surface area contributed by atoms with Crippen molar-refractivity contribution >= 4 is 11.7 Å². The number of urea groups is 1. The number of nitrogens with one attached hydrogen (secondary N) is 1. The van der Waals surface area contributed by atoms with Gasteiger partial charge in [-0.25, -0.2) is 14.8 Å². The fourth-order valence-corrected chi connectivity index (χ4v) is 3.08. The summed E-state index contributed by atoms with van der Waals surface area (Å²) in [6, 6.07) is 9.30. The summed E-state index contributed by atoms with van der Waals surface area (Å²) in [5.41, 5.74) is 2.58. The van der Waals surface area contributed by atoms with E-state index in [9.17, 15) is 9.90 Å². The Balaban J connectivity index is 1.59. The van der Waals surface area contributed by atoms with Crippen molar-refractivity contribution in [1.82, 2.24) is 14.9 Å². The molecule has 1 fully saturated rings. The molecule has 1 saturated heterocycles. The SMILES string of the molecule is Cc1ccnc(-c2ccc(NC(=O)N3CCC(C(C)O)CC3)cc2)n1. The van der Waals surface area contributed by atoms with Crippen molar-refractivity contribution in [3.8, 4) is 11.4 Å². The highest BCUT2D eigenvalue weighted by atomic mass is 16.3. The van der Waals surface area contributed by atoms with E-state index in [1.165, 1.54) is 0 Å². The number of hydrogen-bond acceptors (Lipinski definition) is 4. The minimum absolute atomic E-state index is 0.0939. The fourth-order valence-electron chi connectivity index (χ4n) is 3.08. The molecule has 0 saturated carbocycles. The molecular weight excluding hydrogens is 316 g/mol. The second kappa shape index (κ2) is 7.61. The van der Waals surface area contributed by atoms with E-state index >= 15 is 0 Å². The number of piperidine rings is 1. The number of likely N-dealkylation sites (tertiary alicyclic amines) is 1. The molecule has 0 radical (unpaired) electrons. The van der Waals surface area contributed by atoms with Crippen molar-refractivity contribution < 1.29 is 9.90 Å². The van der Waals surface area contributed by atoms with Gasteiger partial charge >= 0.3 is 6.03 Å². The van der Waals surface area contributed by atoms with Crippen LogP contribution in [0.2, 0.25) is 0 Å². The van der Waals surface area contributed by atoms with Gasteiger partial charge in [0.15, 0.2) is 5.82 Å². The van der Waals surface area contributed by atoms with E-state index in [1.54, 1.807) is 11.1 Å². The number of aryl methyl sites for hydroxylation is 1. The first kappa shape index (κ1) is 17.4. The Morgan fingerprint density at radius 2 is 1.92 bits per heavy atom. The lowest BCUT2D eigenvalue weighted by molar-refractivity contribution is 0.0820. The Morgan fingerprint density at radius 1 is 1.24 bits per heavy atom. The molecule has 6 heteroatoms. The van der Waals surface area contributed by atoms with E-state index in [0.717, 1.165) is 29.8 Å². The summed E-state index contributed by atoms with van der Waals surface area (Å²) >= 11 is 0. The molecule has 1 atom stereocenters. The van der Waals surface area contributed by atoms with Crippen molar-refractivity contribution in [3.05, 3.63) is 42.2 Å². The maximum atomic E-state index is 12.4. The quantitative estimate of drug-likeness (QED) is 0.900. The number of aromatic nitrogens is 2. The molecule has 6 nitrogen and oxygen atoms in total. The predicted molar refractivity (Wildman–Crippen MR) is 97.2 cm³/mol. The molecule has 25 heavy (non-hydrogen) atoms. The molecule has 3 rings (SSSR count). The summed E-state index contributed by atoms with van der Waals surface area (Å²) in [6.45, 7) is 5.10. The lowest BCUT2D eigenvalue weighted by Crippen LogP contribution is -2.42. The van der Waals surface area contributed by atoms with E-state index in [0.29, 0.717) is 18.9 Å². The molecule has 2 aromatic rings. The molecule has 1 aliphatic rings. The number of aliphatic hydroxyl groups is 1. The lowest BCUT2D eigenvalue weighted by atomic mass is 9.92. The first-order valence-corrected chi connectivity index (χ1v) is 8.67. The zero-order valence-electron chi connectivity index (χ0n) is 14.6. The van der Waals surface area contributed by atoms with Crippen LogP contribution in [0.4, 0.5) is 10.5 Å². The molecule has 0 spiro atoms. The van der Waals surface area contributed by atoms with Crippen molar-refractivity contribution in [1.29, 1.82) is 0 Å². The van der Waals surface area contributed by atoms with Crippen LogP contribution < -0.4 is 5.32 Å². The first-order chi connectivity index (χ1) is 12.0. The van der Waals surface area contributed by atoms with Crippen LogP contribution in [-0.4, -0.2) is 45.2 Å². The standard InChI is InChI=1S/C19H24N4O2/c1-13-7-10-20-18(21-13)16-3-5-17(6-4-16)22-19(25)23-11-8-15(9-12-23)14(2)24/h3-7,10,14-15,24H,8-9,11-12H2,1-2H3,(H,22,25). The molecule has 1 aromatic carbocycles. The van der Waals surface area contributed by atoms with Gasteiger partial charge in [0.25, 0.3) is 0 Å². The molecule has 0 bridgehead atoms. The second-order valence-electron chi connectivity index (χ2n) is 6.59. The van der Waals surface area contributed by atoms with E-state index in [2.05, 4.69) is 15.3 Å². The van der Waals surface area contributed by atoms with Crippen molar-refractivity contribution in [2.24, 2.45) is 5.92 Å². The van der Waals surface area contributed by atoms with Gasteiger partial charge in [-0.3, -0.25) is 0 Å². The maximum Gasteiger partial charge on any atom is 0.321 e. The Kier molecular flexibility index (Phi) is 5.28. The molecule has 2 amide bonds. The van der Waals surface area contributed by atoms with E-state index in [4.69, 9.17) is 0 Å². The van der Waals surface area contributed by atoms with Gasteiger partial charge in [-0.1, -0.05) is 0 Å². The van der Waals surface area contributed by atoms with Gasteiger partial charge in [-0.15, -0.1) is 0 Å². The van der Waals surface area contributed by atoms with Crippen LogP contribution in [0.5, 0.6) is 0 Å². The van der Waals surface area contributed by atoms with Crippen LogP contribution in [0, 0.1) is 12.8 Å². The number of nitrogens with zero attached hydrogens (tertiary/aromatic N) is 3. The summed E-state index contributed by atoms with van der Waals surface area (Å²) in [7, 11) is 0. The van der Waals surface area contributed by atoms with Gasteiger partial charge < -0.3 is 15.3 Å². The molecule has 2 N–H and O–H groups in total. The third-order valence-corrected chi connectivity index (χ3v) is 4.70. The van der Waals surface area contributed by atoms with Crippen LogP contribution in [0.15, 0.2) is 36.5 Å². The Labute approximate surface area is 147 Å². The molecule has 1 unspecified atom stereocenters. The predicted octanol–water partition coefficient (Wildman–Crippen LogP) is 3.08. The van der Waals surface area contributed by atoms with Gasteiger partial charge in [0.05, 0.1) is 6.10 Å². The minimum atomic E-state index is -0.304. The monoisotopic (exact) mass is 340 g/mol. The minimum Gasteiger partial charge on any atom is -0.393 e. The van der Waals surface area contributed by atoms with Gasteiger partial charge in [-0.2, -0.15) is 0 Å². The normalized spacial score (nSPS) is 16.5. The number of rotatable bonds is 3. The van der Waals surface area contributed by atoms with E-state index in [-0.39, 0.29) is 18.1 Å². The second-order valence-corrected chi connectivity index (χ2v) is 6.59. The number of hydrogen-bond donors (Lipinski definition) is 2. The third-order valence-electron chi connectivity index (χ3n) is 4.70. The molecule has 2 heterocycles. The average Bonchev–Trinajstić information content (AvgIpc) is 2.62. The number of carbonyl (C=O) groups is 1. The van der Waals surface area contributed by atoms with Crippen LogP contribution >= 0.6 is 0 Å². The Morgan fingerprint density at radius 3 is 2.52 bits per heavy atom. The smallest absolute Gasteiger partial charge is 0.321 e. The molecule has 1 aromatic heterocycles. The fraction of sp³-hybridized carbons (Fsp3) is 0.421. The first-order valence-electron chi connectivity index (χ1n) is 8.67. The summed E-state index contributed by atoms with van der Waals surface area (Å²) in [5.74, 6) is 0.968. The largest absolute Gasteiger partial charge is 0.393 e. The van der Waals surface area contributed by atoms with Crippen LogP contribution in [0.3, 0.4) is 0 Å². The number of carbonyl (C=O) groups excluding carboxylic acids is 1. The Hall–Kier alpha value is -2.47. The summed E-state index contributed by atoms with van der Waals surface area (Å²) < 4.78 is 0. The number of anilines is 1. The zero-order chi connectivity index (χ0) is 17.8. The molecule has 132 valence electrons. The topological polar surface area (TPSA) is 78.4 Å². The van der Waals surface area contributed by atoms with E-state index in [1.807, 2.05) is 44.2 Å². The van der Waals surface area contributed by atoms with Gasteiger partial charge in [0.2, 0.25) is 0 Å². The Bertz CT molecular complexity index is 722. The third kappa shape index (κ3) is 4.33. The van der Waals surface area contributed by atoms with Crippen LogP contribution in [-0.2, 0) is 0 Å². The molecule has 0 aliphatic carbocycles. The van der Waals surface area contributed by atoms with Crippen LogP contribution in [0.25, 0.3) is 11.4 Å². The number of amides is 2. The van der Waals surface area contributed by atoms with Gasteiger partial charge in [0, 0.05) is 36.2 Å². The highest BCUT2D eigenvalue weighted by Gasteiger charge is 2.25. The number of aliphatic hydroxyl groups excluding tert-OH is 1. The summed E-state index contributed by atoms with van der Waals surface area (Å²) in [4.78, 5) is 22.8. The van der Waals surface area contributed by atoms with Crippen molar-refractivity contribution in [3.63, 3.8) is 0 Å². The summed E-state index contributed by atoms with van der Waals surface area (Å²) in [5, 5.41) is 12.6. The summed E-state index contributed by atoms with van der Waals surface area (Å²) in [6.07, 6.45) is 3.12. The molecular formula is C19H24N4O2. The highest BCUT2D eigenvalue weighted by Crippen LogP contribution is 2.22. The molecule has 1 aliphatic heterocycles.